The van der Waals surface area contributed by atoms with Crippen molar-refractivity contribution in [3.05, 3.63) is 144 Å². The largest absolute Gasteiger partial charge is 0.493 e. The summed E-state index contributed by atoms with van der Waals surface area (Å²) < 4.78 is 40.1. The van der Waals surface area contributed by atoms with Crippen molar-refractivity contribution in [3.8, 4) is 28.7 Å². The van der Waals surface area contributed by atoms with E-state index < -0.39 is 0 Å². The van der Waals surface area contributed by atoms with Crippen LogP contribution in [0, 0.1) is 0 Å². The zero-order valence-corrected chi connectivity index (χ0v) is 44.2. The third kappa shape index (κ3) is 49.7. The summed E-state index contributed by atoms with van der Waals surface area (Å²) in [5.41, 5.74) is 0. The van der Waals surface area contributed by atoms with Crippen LogP contribution in [0.4, 0.5) is 0 Å². The quantitative estimate of drug-likeness (QED) is 0.0519. The molecule has 2 rings (SSSR count). The van der Waals surface area contributed by atoms with Crippen molar-refractivity contribution < 1.29 is 38.3 Å². The summed E-state index contributed by atoms with van der Waals surface area (Å²) in [6.45, 7) is 36.6. The molecule has 0 fully saturated rings. The van der Waals surface area contributed by atoms with Crippen molar-refractivity contribution in [3.63, 3.8) is 0 Å². The Balaban J connectivity index is 0. The molecule has 0 spiro atoms. The molecule has 0 aliphatic rings. The first-order valence-corrected chi connectivity index (χ1v) is 26.5. The molecule has 2 aromatic rings. The fourth-order valence-corrected chi connectivity index (χ4v) is 6.08. The molecule has 8 heteroatoms. The highest BCUT2D eigenvalue weighted by Crippen LogP contribution is 2.29. The Hall–Kier alpha value is -4.76. The van der Waals surface area contributed by atoms with Crippen LogP contribution < -0.4 is 23.7 Å². The van der Waals surface area contributed by atoms with Gasteiger partial charge >= 0.3 is 0 Å². The van der Waals surface area contributed by atoms with Gasteiger partial charge in [-0.05, 0) is 166 Å². The van der Waals surface area contributed by atoms with Crippen LogP contribution in [0.3, 0.4) is 0 Å². The first-order valence-electron chi connectivity index (χ1n) is 26.5. The highest BCUT2D eigenvalue weighted by molar-refractivity contribution is 5.42. The van der Waals surface area contributed by atoms with Crippen LogP contribution in [0.2, 0.25) is 0 Å². The van der Waals surface area contributed by atoms with Crippen molar-refractivity contribution in [1.82, 2.24) is 0 Å². The molecule has 0 radical (unpaired) electrons. The molecular weight excluding hydrogens is 873 g/mol. The number of hydrogen-bond acceptors (Lipinski definition) is 8. The highest BCUT2D eigenvalue weighted by atomic mass is 16.5. The molecule has 70 heavy (non-hydrogen) atoms. The summed E-state index contributed by atoms with van der Waals surface area (Å²) in [5.74, 6) is 4.10. The Labute approximate surface area is 429 Å². The van der Waals surface area contributed by atoms with Crippen LogP contribution in [0.15, 0.2) is 144 Å². The number of benzene rings is 2. The predicted octanol–water partition coefficient (Wildman–Crippen LogP) is 17.1. The molecule has 0 aliphatic heterocycles. The Morgan fingerprint density at radius 3 is 0.800 bits per heavy atom. The van der Waals surface area contributed by atoms with E-state index in [0.29, 0.717) is 26.4 Å². The monoisotopic (exact) mass is 973 g/mol. The number of allylic oxidation sites excluding steroid dienone is 8. The van der Waals surface area contributed by atoms with Crippen molar-refractivity contribution in [2.45, 2.75) is 154 Å². The van der Waals surface area contributed by atoms with E-state index in [1.807, 2.05) is 91.1 Å². The number of aliphatic hydroxyl groups is 1. The second kappa shape index (κ2) is 58.6. The molecule has 1 N–H and O–H groups in total. The molecule has 0 aromatic heterocycles. The van der Waals surface area contributed by atoms with Gasteiger partial charge in [-0.3, -0.25) is 0 Å². The maximum Gasteiger partial charge on any atom is 0.161 e. The maximum atomic E-state index is 8.26. The third-order valence-corrected chi connectivity index (χ3v) is 10.1. The second-order valence-electron chi connectivity index (χ2n) is 16.6. The van der Waals surface area contributed by atoms with Crippen LogP contribution in [0.25, 0.3) is 0 Å². The van der Waals surface area contributed by atoms with E-state index in [9.17, 15) is 0 Å². The molecule has 0 atom stereocenters. The zero-order valence-electron chi connectivity index (χ0n) is 44.2. The van der Waals surface area contributed by atoms with Crippen LogP contribution in [0.1, 0.15) is 154 Å². The summed E-state index contributed by atoms with van der Waals surface area (Å²) in [5, 5.41) is 8.26. The third-order valence-electron chi connectivity index (χ3n) is 10.1. The standard InChI is InChI=1S/C24H36O3.C18H26O2.C14H26O2.C6H12O/c1-4-7-10-13-16-25-22-19-23(26-17-14-11-8-5-2)21-24(20-22)27-18-15-12-9-6-3;1-3-5-7-11-15-19-17-13-9-10-14-18(17)20-16-12-8-6-4-2;1-3-5-7-9-11-15-13-14-16-12-10-8-6-4-2;1-2-3-4-5-6-7/h4-6,19-21H,1-3,7-18H2;3-4,9-10,13-14H,1-2,5-8,11-12,15-16H2;3-4H,1-2,5-14H2;2,7H,1,3-6H2. The minimum atomic E-state index is 0.313. The zero-order chi connectivity index (χ0) is 51.5. The smallest absolute Gasteiger partial charge is 0.161 e. The predicted molar refractivity (Wildman–Crippen MR) is 301 cm³/mol. The van der Waals surface area contributed by atoms with Crippen molar-refractivity contribution in [2.24, 2.45) is 0 Å². The lowest BCUT2D eigenvalue weighted by molar-refractivity contribution is 0.0453. The van der Waals surface area contributed by atoms with Gasteiger partial charge in [0.15, 0.2) is 11.5 Å². The van der Waals surface area contributed by atoms with E-state index >= 15 is 0 Å². The summed E-state index contributed by atoms with van der Waals surface area (Å²) in [7, 11) is 0. The van der Waals surface area contributed by atoms with E-state index in [4.69, 9.17) is 38.3 Å². The first kappa shape index (κ1) is 67.3. The van der Waals surface area contributed by atoms with Gasteiger partial charge in [-0.2, -0.15) is 0 Å². The van der Waals surface area contributed by atoms with Gasteiger partial charge < -0.3 is 38.3 Å². The Morgan fingerprint density at radius 2 is 0.543 bits per heavy atom. The molecule has 0 saturated heterocycles. The molecular formula is C62H100O8. The van der Waals surface area contributed by atoms with Crippen LogP contribution in [0.5, 0.6) is 28.7 Å². The van der Waals surface area contributed by atoms with Gasteiger partial charge in [0, 0.05) is 38.0 Å². The lowest BCUT2D eigenvalue weighted by Crippen LogP contribution is -2.06. The average molecular weight is 973 g/mol. The van der Waals surface area contributed by atoms with Gasteiger partial charge in [-0.1, -0.05) is 60.7 Å². The number of unbranched alkanes of at least 4 members (excludes halogenated alkanes) is 16. The number of hydrogen-bond donors (Lipinski definition) is 1. The second-order valence-corrected chi connectivity index (χ2v) is 16.6. The van der Waals surface area contributed by atoms with Gasteiger partial charge in [-0.25, -0.2) is 0 Å². The molecule has 0 aliphatic carbocycles. The fraction of sp³-hybridized carbons (Fsp3) is 0.548. The molecule has 0 amide bonds. The van der Waals surface area contributed by atoms with Crippen molar-refractivity contribution >= 4 is 0 Å². The van der Waals surface area contributed by atoms with Crippen LogP contribution in [-0.4, -0.2) is 71.2 Å². The van der Waals surface area contributed by atoms with Gasteiger partial charge in [0.1, 0.15) is 17.2 Å². The van der Waals surface area contributed by atoms with Gasteiger partial charge in [-0.15, -0.1) is 52.6 Å². The SMILES string of the molecule is C=CCCCCO.C=CCCCCOCCOCCCCC=C.C=CCCCCOc1cc(OCCCCC=C)cc(OCCCCC=C)c1.C=CCCCCOc1ccccc1OCCCCC=C. The molecule has 0 bridgehead atoms. The molecule has 2 aromatic carbocycles. The normalized spacial score (nSPS) is 10.0. The van der Waals surface area contributed by atoms with Crippen molar-refractivity contribution in [2.75, 3.05) is 66.1 Å². The molecule has 396 valence electrons. The number of ether oxygens (including phenoxy) is 7. The van der Waals surface area contributed by atoms with E-state index in [0.717, 1.165) is 210 Å². The van der Waals surface area contributed by atoms with E-state index in [1.54, 1.807) is 0 Å². The van der Waals surface area contributed by atoms with Gasteiger partial charge in [0.2, 0.25) is 0 Å². The van der Waals surface area contributed by atoms with E-state index in [1.165, 1.54) is 12.8 Å². The minimum absolute atomic E-state index is 0.313. The highest BCUT2D eigenvalue weighted by Gasteiger charge is 2.06. The lowest BCUT2D eigenvalue weighted by Gasteiger charge is -2.13. The Bertz CT molecular complexity index is 1360. The number of para-hydroxylation sites is 2. The summed E-state index contributed by atoms with van der Waals surface area (Å²) in [4.78, 5) is 0. The molecule has 0 saturated carbocycles. The van der Waals surface area contributed by atoms with Crippen molar-refractivity contribution in [1.29, 1.82) is 0 Å². The van der Waals surface area contributed by atoms with Crippen LogP contribution in [-0.2, 0) is 9.47 Å². The van der Waals surface area contributed by atoms with Crippen LogP contribution >= 0.6 is 0 Å². The van der Waals surface area contributed by atoms with E-state index in [2.05, 4.69) is 52.6 Å². The Kier molecular flexibility index (Phi) is 56.3. The number of rotatable bonds is 47. The van der Waals surface area contributed by atoms with Gasteiger partial charge in [0.25, 0.3) is 0 Å². The lowest BCUT2D eigenvalue weighted by atomic mass is 10.2. The fourth-order valence-electron chi connectivity index (χ4n) is 6.08. The van der Waals surface area contributed by atoms with E-state index in [-0.39, 0.29) is 0 Å². The van der Waals surface area contributed by atoms with Gasteiger partial charge in [0.05, 0.1) is 46.2 Å². The summed E-state index contributed by atoms with van der Waals surface area (Å²) in [6, 6.07) is 13.7. The maximum absolute atomic E-state index is 8.26. The average Bonchev–Trinajstić information content (AvgIpc) is 3.37. The molecule has 0 unspecified atom stereocenters. The Morgan fingerprint density at radius 1 is 0.300 bits per heavy atom. The molecule has 0 heterocycles. The topological polar surface area (TPSA) is 84.8 Å². The number of aliphatic hydroxyl groups excluding tert-OH is 1. The molecule has 8 nitrogen and oxygen atoms in total. The minimum Gasteiger partial charge on any atom is -0.493 e. The summed E-state index contributed by atoms with van der Waals surface area (Å²) >= 11 is 0. The first-order chi connectivity index (χ1) is 34.5. The summed E-state index contributed by atoms with van der Waals surface area (Å²) in [6.07, 6.45) is 41.0.